The number of halogens is 3. The Morgan fingerprint density at radius 2 is 1.86 bits per heavy atom. The number of anilines is 1. The lowest BCUT2D eigenvalue weighted by molar-refractivity contribution is -0.114. The van der Waals surface area contributed by atoms with Gasteiger partial charge in [-0.05, 0) is 23.8 Å². The van der Waals surface area contributed by atoms with Crippen LogP contribution in [0.2, 0.25) is 10.0 Å². The Labute approximate surface area is 129 Å². The Morgan fingerprint density at radius 1 is 1.14 bits per heavy atom. The van der Waals surface area contributed by atoms with Crippen molar-refractivity contribution in [1.29, 1.82) is 0 Å². The molecule has 7 heteroatoms. The number of carbonyl (C=O) groups is 2. The second-order valence-electron chi connectivity index (χ2n) is 4.48. The SMILES string of the molecule is O=C1C(=O)N(Cc2cncc(F)c2)c2c(Cl)ccc(Cl)c21. The molecule has 1 aromatic carbocycles. The summed E-state index contributed by atoms with van der Waals surface area (Å²) in [6.45, 7) is -0.0115. The average Bonchev–Trinajstić information content (AvgIpc) is 2.69. The number of aromatic nitrogens is 1. The van der Waals surface area contributed by atoms with Gasteiger partial charge in [-0.2, -0.15) is 0 Å². The monoisotopic (exact) mass is 324 g/mol. The number of rotatable bonds is 2. The molecule has 3 rings (SSSR count). The summed E-state index contributed by atoms with van der Waals surface area (Å²) in [6, 6.07) is 4.20. The molecule has 0 aliphatic carbocycles. The predicted octanol–water partition coefficient (Wildman–Crippen LogP) is 3.26. The molecular weight excluding hydrogens is 318 g/mol. The van der Waals surface area contributed by atoms with Gasteiger partial charge in [0.25, 0.3) is 11.7 Å². The van der Waals surface area contributed by atoms with E-state index in [2.05, 4.69) is 4.98 Å². The predicted molar refractivity (Wildman–Crippen MR) is 76.2 cm³/mol. The van der Waals surface area contributed by atoms with E-state index in [-0.39, 0.29) is 27.8 Å². The molecule has 0 spiro atoms. The summed E-state index contributed by atoms with van der Waals surface area (Å²) in [5.41, 5.74) is 0.780. The van der Waals surface area contributed by atoms with Gasteiger partial charge < -0.3 is 0 Å². The van der Waals surface area contributed by atoms with Crippen LogP contribution in [0.4, 0.5) is 10.1 Å². The summed E-state index contributed by atoms with van der Waals surface area (Å²) in [7, 11) is 0. The van der Waals surface area contributed by atoms with E-state index in [4.69, 9.17) is 23.2 Å². The van der Waals surface area contributed by atoms with Crippen LogP contribution in [-0.2, 0) is 11.3 Å². The Balaban J connectivity index is 2.08. The average molecular weight is 325 g/mol. The molecule has 106 valence electrons. The Morgan fingerprint density at radius 3 is 2.57 bits per heavy atom. The van der Waals surface area contributed by atoms with Crippen molar-refractivity contribution in [3.63, 3.8) is 0 Å². The number of pyridine rings is 1. The van der Waals surface area contributed by atoms with Crippen molar-refractivity contribution < 1.29 is 14.0 Å². The van der Waals surface area contributed by atoms with Gasteiger partial charge in [-0.3, -0.25) is 19.5 Å². The fourth-order valence-electron chi connectivity index (χ4n) is 2.23. The summed E-state index contributed by atoms with van der Waals surface area (Å²) < 4.78 is 13.2. The van der Waals surface area contributed by atoms with Gasteiger partial charge in [-0.1, -0.05) is 23.2 Å². The van der Waals surface area contributed by atoms with Crippen LogP contribution in [0.25, 0.3) is 0 Å². The normalized spacial score (nSPS) is 13.8. The van der Waals surface area contributed by atoms with Gasteiger partial charge in [0, 0.05) is 6.20 Å². The molecule has 2 heterocycles. The number of Topliss-reactive ketones (excluding diaryl/α,β-unsaturated/α-hetero) is 1. The van der Waals surface area contributed by atoms with Crippen LogP contribution in [-0.4, -0.2) is 16.7 Å². The van der Waals surface area contributed by atoms with Gasteiger partial charge in [0.05, 0.1) is 34.0 Å². The lowest BCUT2D eigenvalue weighted by atomic mass is 10.1. The molecule has 0 N–H and O–H groups in total. The van der Waals surface area contributed by atoms with Crippen molar-refractivity contribution in [3.8, 4) is 0 Å². The van der Waals surface area contributed by atoms with Crippen LogP contribution in [0.3, 0.4) is 0 Å². The first-order valence-corrected chi connectivity index (χ1v) is 6.68. The number of ketones is 1. The van der Waals surface area contributed by atoms with E-state index in [1.807, 2.05) is 0 Å². The van der Waals surface area contributed by atoms with Crippen LogP contribution in [0.15, 0.2) is 30.6 Å². The molecule has 2 aromatic rings. The number of nitrogens with zero attached hydrogens (tertiary/aromatic N) is 2. The fraction of sp³-hybridized carbons (Fsp3) is 0.0714. The molecule has 1 aromatic heterocycles. The Bertz CT molecular complexity index is 780. The topological polar surface area (TPSA) is 50.3 Å². The third-order valence-electron chi connectivity index (χ3n) is 3.12. The van der Waals surface area contributed by atoms with E-state index >= 15 is 0 Å². The maximum atomic E-state index is 13.2. The zero-order valence-corrected chi connectivity index (χ0v) is 12.0. The number of fused-ring (bicyclic) bond motifs is 1. The van der Waals surface area contributed by atoms with E-state index in [0.717, 1.165) is 6.20 Å². The highest BCUT2D eigenvalue weighted by Gasteiger charge is 2.39. The molecule has 0 unspecified atom stereocenters. The van der Waals surface area contributed by atoms with Crippen molar-refractivity contribution in [3.05, 3.63) is 57.6 Å². The van der Waals surface area contributed by atoms with Crippen LogP contribution < -0.4 is 4.90 Å². The van der Waals surface area contributed by atoms with Gasteiger partial charge in [-0.15, -0.1) is 0 Å². The number of hydrogen-bond donors (Lipinski definition) is 0. The summed E-state index contributed by atoms with van der Waals surface area (Å²) >= 11 is 12.0. The van der Waals surface area contributed by atoms with E-state index < -0.39 is 17.5 Å². The molecular formula is C14H7Cl2FN2O2. The van der Waals surface area contributed by atoms with Crippen molar-refractivity contribution in [2.45, 2.75) is 6.54 Å². The molecule has 0 saturated carbocycles. The number of carbonyl (C=O) groups excluding carboxylic acids is 2. The highest BCUT2D eigenvalue weighted by molar-refractivity contribution is 6.56. The second-order valence-corrected chi connectivity index (χ2v) is 5.30. The first kappa shape index (κ1) is 14.0. The fourth-order valence-corrected chi connectivity index (χ4v) is 2.73. The number of amides is 1. The lowest BCUT2D eigenvalue weighted by Gasteiger charge is -2.17. The Hall–Kier alpha value is -1.98. The van der Waals surface area contributed by atoms with Gasteiger partial charge in [0.15, 0.2) is 0 Å². The third-order valence-corrected chi connectivity index (χ3v) is 3.74. The number of benzene rings is 1. The zero-order valence-electron chi connectivity index (χ0n) is 10.4. The highest BCUT2D eigenvalue weighted by atomic mass is 35.5. The van der Waals surface area contributed by atoms with E-state index in [1.54, 1.807) is 0 Å². The van der Waals surface area contributed by atoms with Crippen LogP contribution in [0.5, 0.6) is 0 Å². The first-order valence-electron chi connectivity index (χ1n) is 5.92. The molecule has 1 aliphatic heterocycles. The summed E-state index contributed by atoms with van der Waals surface area (Å²) in [5.74, 6) is -1.99. The van der Waals surface area contributed by atoms with E-state index in [9.17, 15) is 14.0 Å². The third kappa shape index (κ3) is 2.28. The maximum Gasteiger partial charge on any atom is 0.299 e. The first-order chi connectivity index (χ1) is 9.99. The number of hydrogen-bond acceptors (Lipinski definition) is 3. The summed E-state index contributed by atoms with van der Waals surface area (Å²) in [5, 5.41) is 0.394. The summed E-state index contributed by atoms with van der Waals surface area (Å²) in [4.78, 5) is 29.0. The molecule has 1 amide bonds. The second kappa shape index (κ2) is 5.09. The summed E-state index contributed by atoms with van der Waals surface area (Å²) in [6.07, 6.45) is 2.47. The highest BCUT2D eigenvalue weighted by Crippen LogP contribution is 2.40. The molecule has 0 fully saturated rings. The van der Waals surface area contributed by atoms with Gasteiger partial charge in [-0.25, -0.2) is 4.39 Å². The lowest BCUT2D eigenvalue weighted by Crippen LogP contribution is -2.29. The van der Waals surface area contributed by atoms with E-state index in [0.29, 0.717) is 5.56 Å². The molecule has 0 bridgehead atoms. The molecule has 4 nitrogen and oxygen atoms in total. The van der Waals surface area contributed by atoms with Crippen LogP contribution in [0.1, 0.15) is 15.9 Å². The van der Waals surface area contributed by atoms with Crippen molar-refractivity contribution in [2.24, 2.45) is 0 Å². The quantitative estimate of drug-likeness (QED) is 0.797. The minimum absolute atomic E-state index is 0.0115. The molecule has 0 saturated heterocycles. The molecule has 0 atom stereocenters. The van der Waals surface area contributed by atoms with Crippen molar-refractivity contribution in [2.75, 3.05) is 4.90 Å². The maximum absolute atomic E-state index is 13.2. The minimum atomic E-state index is -0.746. The zero-order chi connectivity index (χ0) is 15.1. The largest absolute Gasteiger partial charge is 0.299 e. The van der Waals surface area contributed by atoms with Crippen LogP contribution in [0, 0.1) is 5.82 Å². The van der Waals surface area contributed by atoms with Gasteiger partial charge >= 0.3 is 0 Å². The van der Waals surface area contributed by atoms with E-state index in [1.165, 1.54) is 29.3 Å². The van der Waals surface area contributed by atoms with Gasteiger partial charge in [0.2, 0.25) is 0 Å². The van der Waals surface area contributed by atoms with Crippen LogP contribution >= 0.6 is 23.2 Å². The van der Waals surface area contributed by atoms with Crippen molar-refractivity contribution in [1.82, 2.24) is 4.98 Å². The molecule has 21 heavy (non-hydrogen) atoms. The standard InChI is InChI=1S/C14H7Cl2FN2O2/c15-9-1-2-10(16)12-11(9)13(20)14(21)19(12)6-7-3-8(17)5-18-4-7/h1-5H,6H2. The Kier molecular flexibility index (Phi) is 3.39. The molecule has 0 radical (unpaired) electrons. The smallest absolute Gasteiger partial charge is 0.299 e. The van der Waals surface area contributed by atoms with Gasteiger partial charge in [0.1, 0.15) is 5.82 Å². The molecule has 1 aliphatic rings. The minimum Gasteiger partial charge on any atom is -0.299 e. The van der Waals surface area contributed by atoms with Crippen molar-refractivity contribution >= 4 is 40.6 Å².